The molecule has 1 fully saturated rings. The molecule has 0 bridgehead atoms. The molecule has 2 aromatic rings. The molecule has 3 heterocycles. The third-order valence-electron chi connectivity index (χ3n) is 4.67. The summed E-state index contributed by atoms with van der Waals surface area (Å²) in [7, 11) is 1.54. The van der Waals surface area contributed by atoms with E-state index in [2.05, 4.69) is 15.2 Å². The van der Waals surface area contributed by atoms with Crippen LogP contribution in [0.2, 0.25) is 0 Å². The molecule has 1 saturated heterocycles. The minimum absolute atomic E-state index is 0.149. The summed E-state index contributed by atoms with van der Waals surface area (Å²) >= 11 is 0. The third-order valence-corrected chi connectivity index (χ3v) is 4.67. The number of halogens is 1. The normalized spacial score (nSPS) is 24.1. The molecule has 2 aliphatic heterocycles. The molecule has 4 rings (SSSR count). The maximum Gasteiger partial charge on any atom is 0.131 e. The van der Waals surface area contributed by atoms with Crippen LogP contribution in [0.15, 0.2) is 24.4 Å². The molecular formula is C16H19FN4O2. The van der Waals surface area contributed by atoms with Crippen LogP contribution < -0.4 is 4.74 Å². The van der Waals surface area contributed by atoms with Gasteiger partial charge in [0.15, 0.2) is 0 Å². The average molecular weight is 318 g/mol. The second kappa shape index (κ2) is 5.90. The van der Waals surface area contributed by atoms with Crippen molar-refractivity contribution in [3.63, 3.8) is 0 Å². The summed E-state index contributed by atoms with van der Waals surface area (Å²) in [5.41, 5.74) is 1.68. The van der Waals surface area contributed by atoms with Gasteiger partial charge in [0.05, 0.1) is 37.8 Å². The number of likely N-dealkylation sites (tertiary alicyclic amines) is 1. The van der Waals surface area contributed by atoms with Gasteiger partial charge in [-0.05, 0) is 12.5 Å². The third kappa shape index (κ3) is 2.70. The molecule has 0 radical (unpaired) electrons. The highest BCUT2D eigenvalue weighted by molar-refractivity contribution is 5.28. The van der Waals surface area contributed by atoms with E-state index in [1.54, 1.807) is 18.3 Å². The van der Waals surface area contributed by atoms with E-state index >= 15 is 0 Å². The van der Waals surface area contributed by atoms with Crippen LogP contribution in [0.25, 0.3) is 0 Å². The van der Waals surface area contributed by atoms with E-state index < -0.39 is 0 Å². The predicted molar refractivity (Wildman–Crippen MR) is 80.5 cm³/mol. The number of methoxy groups -OCH3 is 1. The summed E-state index contributed by atoms with van der Waals surface area (Å²) in [4.78, 5) is 2.24. The molecule has 0 aliphatic carbocycles. The Morgan fingerprint density at radius 2 is 2.35 bits per heavy atom. The summed E-state index contributed by atoms with van der Waals surface area (Å²) in [6.07, 6.45) is 2.83. The summed E-state index contributed by atoms with van der Waals surface area (Å²) in [6.45, 7) is 2.81. The largest absolute Gasteiger partial charge is 0.497 e. The van der Waals surface area contributed by atoms with Crippen molar-refractivity contribution >= 4 is 0 Å². The van der Waals surface area contributed by atoms with Crippen LogP contribution in [-0.2, 0) is 17.9 Å². The van der Waals surface area contributed by atoms with Crippen molar-refractivity contribution in [3.05, 3.63) is 41.5 Å². The van der Waals surface area contributed by atoms with Gasteiger partial charge in [0.1, 0.15) is 11.6 Å². The van der Waals surface area contributed by atoms with Crippen molar-refractivity contribution in [2.45, 2.75) is 31.7 Å². The van der Waals surface area contributed by atoms with E-state index in [-0.39, 0.29) is 18.0 Å². The lowest BCUT2D eigenvalue weighted by Gasteiger charge is -2.41. The highest BCUT2D eigenvalue weighted by Gasteiger charge is 2.36. The Bertz CT molecular complexity index is 705. The second-order valence-electron chi connectivity index (χ2n) is 6.07. The van der Waals surface area contributed by atoms with Gasteiger partial charge in [-0.25, -0.2) is 9.07 Å². The number of hydrogen-bond acceptors (Lipinski definition) is 5. The van der Waals surface area contributed by atoms with Crippen LogP contribution in [0.4, 0.5) is 4.39 Å². The van der Waals surface area contributed by atoms with Crippen molar-refractivity contribution in [1.82, 2.24) is 19.9 Å². The monoisotopic (exact) mass is 318 g/mol. The van der Waals surface area contributed by atoms with Crippen LogP contribution in [0.5, 0.6) is 5.75 Å². The summed E-state index contributed by atoms with van der Waals surface area (Å²) < 4.78 is 27.1. The first-order chi connectivity index (χ1) is 11.2. The van der Waals surface area contributed by atoms with Gasteiger partial charge < -0.3 is 9.47 Å². The summed E-state index contributed by atoms with van der Waals surface area (Å²) in [5.74, 6) is 0.311. The van der Waals surface area contributed by atoms with Crippen LogP contribution >= 0.6 is 0 Å². The lowest BCUT2D eigenvalue weighted by molar-refractivity contribution is -0.0670. The van der Waals surface area contributed by atoms with Crippen molar-refractivity contribution < 1.29 is 13.9 Å². The van der Waals surface area contributed by atoms with Gasteiger partial charge >= 0.3 is 0 Å². The fraction of sp³-hybridized carbons (Fsp3) is 0.500. The zero-order valence-electron chi connectivity index (χ0n) is 13.0. The SMILES string of the molecule is COc1ccc(CN2CCC3OCc4cnnn4C3C2)c(F)c1. The Morgan fingerprint density at radius 1 is 1.43 bits per heavy atom. The first-order valence-corrected chi connectivity index (χ1v) is 7.80. The average Bonchev–Trinajstić information content (AvgIpc) is 3.06. The molecule has 6 nitrogen and oxygen atoms in total. The number of fused-ring (bicyclic) bond motifs is 3. The lowest BCUT2D eigenvalue weighted by Crippen LogP contribution is -2.47. The predicted octanol–water partition coefficient (Wildman–Crippen LogP) is 1.77. The zero-order chi connectivity index (χ0) is 15.8. The molecule has 0 saturated carbocycles. The highest BCUT2D eigenvalue weighted by Crippen LogP contribution is 2.31. The number of benzene rings is 1. The Kier molecular flexibility index (Phi) is 3.74. The maximum atomic E-state index is 14.2. The zero-order valence-corrected chi connectivity index (χ0v) is 13.0. The van der Waals surface area contributed by atoms with Crippen LogP contribution in [0, 0.1) is 5.82 Å². The number of nitrogens with zero attached hydrogens (tertiary/aromatic N) is 4. The molecule has 23 heavy (non-hydrogen) atoms. The van der Waals surface area contributed by atoms with Gasteiger partial charge in [-0.2, -0.15) is 0 Å². The van der Waals surface area contributed by atoms with Gasteiger partial charge in [0, 0.05) is 31.3 Å². The molecule has 0 spiro atoms. The van der Waals surface area contributed by atoms with Crippen molar-refractivity contribution in [2.24, 2.45) is 0 Å². The van der Waals surface area contributed by atoms with E-state index in [1.165, 1.54) is 13.2 Å². The van der Waals surface area contributed by atoms with E-state index in [1.807, 2.05) is 4.68 Å². The Labute approximate surface area is 133 Å². The molecule has 2 aliphatic rings. The van der Waals surface area contributed by atoms with Gasteiger partial charge in [0.2, 0.25) is 0 Å². The quantitative estimate of drug-likeness (QED) is 0.863. The number of rotatable bonds is 3. The molecule has 1 aromatic carbocycles. The van der Waals surface area contributed by atoms with Gasteiger partial charge in [-0.3, -0.25) is 4.90 Å². The first kappa shape index (κ1) is 14.6. The standard InChI is InChI=1S/C16H19FN4O2/c1-22-13-3-2-11(14(17)6-13)8-20-5-4-16-15(9-20)21-12(10-23-16)7-18-19-21/h2-3,6-7,15-16H,4-5,8-10H2,1H3. The minimum atomic E-state index is -0.229. The van der Waals surface area contributed by atoms with E-state index in [9.17, 15) is 4.39 Å². The molecule has 2 atom stereocenters. The molecule has 0 amide bonds. The molecule has 122 valence electrons. The van der Waals surface area contributed by atoms with Crippen LogP contribution in [-0.4, -0.2) is 46.2 Å². The number of ether oxygens (including phenoxy) is 2. The Hall–Kier alpha value is -1.99. The van der Waals surface area contributed by atoms with E-state index in [0.717, 1.165) is 25.2 Å². The lowest BCUT2D eigenvalue weighted by atomic mass is 9.99. The topological polar surface area (TPSA) is 52.4 Å². The van der Waals surface area contributed by atoms with Crippen molar-refractivity contribution in [3.8, 4) is 5.75 Å². The molecule has 7 heteroatoms. The Balaban J connectivity index is 1.50. The second-order valence-corrected chi connectivity index (χ2v) is 6.07. The first-order valence-electron chi connectivity index (χ1n) is 7.80. The minimum Gasteiger partial charge on any atom is -0.497 e. The van der Waals surface area contributed by atoms with Crippen LogP contribution in [0.1, 0.15) is 23.7 Å². The van der Waals surface area contributed by atoms with Crippen molar-refractivity contribution in [1.29, 1.82) is 0 Å². The molecule has 2 unspecified atom stereocenters. The number of aromatic nitrogens is 3. The Morgan fingerprint density at radius 3 is 3.17 bits per heavy atom. The maximum absolute atomic E-state index is 14.2. The fourth-order valence-electron chi connectivity index (χ4n) is 3.41. The van der Waals surface area contributed by atoms with Crippen LogP contribution in [0.3, 0.4) is 0 Å². The highest BCUT2D eigenvalue weighted by atomic mass is 19.1. The number of piperidine rings is 1. The molecule has 1 aromatic heterocycles. The molecule has 0 N–H and O–H groups in total. The van der Waals surface area contributed by atoms with Gasteiger partial charge in [-0.1, -0.05) is 11.3 Å². The van der Waals surface area contributed by atoms with Gasteiger partial charge in [0.25, 0.3) is 0 Å². The summed E-state index contributed by atoms with van der Waals surface area (Å²) in [5, 5.41) is 8.17. The van der Waals surface area contributed by atoms with Gasteiger partial charge in [-0.15, -0.1) is 5.10 Å². The molecular weight excluding hydrogens is 299 g/mol. The van der Waals surface area contributed by atoms with E-state index in [4.69, 9.17) is 9.47 Å². The number of hydrogen-bond donors (Lipinski definition) is 0. The van der Waals surface area contributed by atoms with Crippen molar-refractivity contribution in [2.75, 3.05) is 20.2 Å². The van der Waals surface area contributed by atoms with E-state index in [0.29, 0.717) is 24.5 Å². The smallest absolute Gasteiger partial charge is 0.131 e. The fourth-order valence-corrected chi connectivity index (χ4v) is 3.41. The summed E-state index contributed by atoms with van der Waals surface area (Å²) in [6, 6.07) is 5.17.